The van der Waals surface area contributed by atoms with Gasteiger partial charge in [-0.2, -0.15) is 0 Å². The molecule has 4 rings (SSSR count). The summed E-state index contributed by atoms with van der Waals surface area (Å²) < 4.78 is 49.5. The molecule has 10 heteroatoms. The van der Waals surface area contributed by atoms with Crippen LogP contribution in [0.1, 0.15) is 11.1 Å². The highest BCUT2D eigenvalue weighted by atomic mass is 32.2. The number of nitrogens with one attached hydrogen (secondary N) is 1. The summed E-state index contributed by atoms with van der Waals surface area (Å²) >= 11 is 0. The van der Waals surface area contributed by atoms with Crippen molar-refractivity contribution in [2.75, 3.05) is 31.9 Å². The van der Waals surface area contributed by atoms with Crippen molar-refractivity contribution in [2.24, 2.45) is 0 Å². The Bertz CT molecular complexity index is 1320. The van der Waals surface area contributed by atoms with Gasteiger partial charge in [0.1, 0.15) is 6.54 Å². The van der Waals surface area contributed by atoms with E-state index >= 15 is 0 Å². The number of amides is 1. The first kappa shape index (κ1) is 24.2. The summed E-state index contributed by atoms with van der Waals surface area (Å²) in [7, 11) is -1.12. The molecule has 0 spiro atoms. The van der Waals surface area contributed by atoms with Crippen LogP contribution in [0.5, 0.6) is 23.0 Å². The third-order valence-corrected chi connectivity index (χ3v) is 7.27. The van der Waals surface area contributed by atoms with Crippen LogP contribution in [-0.2, 0) is 21.4 Å². The molecular weight excluding hydrogens is 472 g/mol. The number of ether oxygens (including phenoxy) is 4. The summed E-state index contributed by atoms with van der Waals surface area (Å²) in [5.41, 5.74) is 1.98. The third kappa shape index (κ3) is 5.27. The lowest BCUT2D eigenvalue weighted by Crippen LogP contribution is -2.40. The van der Waals surface area contributed by atoms with Crippen molar-refractivity contribution < 1.29 is 32.2 Å². The molecule has 1 heterocycles. The predicted molar refractivity (Wildman–Crippen MR) is 130 cm³/mol. The summed E-state index contributed by atoms with van der Waals surface area (Å²) in [6, 6.07) is 16.5. The largest absolute Gasteiger partial charge is 0.493 e. The topological polar surface area (TPSA) is 103 Å². The molecule has 184 valence electrons. The van der Waals surface area contributed by atoms with E-state index in [-0.39, 0.29) is 23.9 Å². The van der Waals surface area contributed by atoms with Crippen LogP contribution in [0, 0.1) is 6.92 Å². The summed E-state index contributed by atoms with van der Waals surface area (Å²) in [6.07, 6.45) is 0. The number of rotatable bonds is 9. The average molecular weight is 499 g/mol. The Morgan fingerprint density at radius 1 is 0.943 bits per heavy atom. The fourth-order valence-corrected chi connectivity index (χ4v) is 4.98. The first-order valence-electron chi connectivity index (χ1n) is 10.8. The second-order valence-electron chi connectivity index (χ2n) is 7.83. The molecule has 1 aliphatic heterocycles. The van der Waals surface area contributed by atoms with E-state index in [2.05, 4.69) is 5.32 Å². The van der Waals surface area contributed by atoms with Crippen LogP contribution in [0.15, 0.2) is 65.6 Å². The zero-order valence-corrected chi connectivity index (χ0v) is 20.4. The first-order chi connectivity index (χ1) is 16.8. The number of carbonyl (C=O) groups is 1. The molecule has 0 aliphatic carbocycles. The van der Waals surface area contributed by atoms with Crippen LogP contribution >= 0.6 is 0 Å². The minimum absolute atomic E-state index is 0.0708. The number of aryl methyl sites for hydroxylation is 1. The van der Waals surface area contributed by atoms with Crippen LogP contribution in [0.3, 0.4) is 0 Å². The number of anilines is 1. The maximum Gasteiger partial charge on any atom is 0.264 e. The number of methoxy groups -OCH3 is 2. The summed E-state index contributed by atoms with van der Waals surface area (Å²) in [5, 5.41) is 2.78. The van der Waals surface area contributed by atoms with Crippen molar-refractivity contribution in [1.82, 2.24) is 5.32 Å². The van der Waals surface area contributed by atoms with Gasteiger partial charge >= 0.3 is 0 Å². The summed E-state index contributed by atoms with van der Waals surface area (Å²) in [5.74, 6) is 1.55. The van der Waals surface area contributed by atoms with E-state index in [4.69, 9.17) is 18.9 Å². The highest BCUT2D eigenvalue weighted by Gasteiger charge is 2.28. The van der Waals surface area contributed by atoms with Crippen LogP contribution in [0.2, 0.25) is 0 Å². The molecule has 0 radical (unpaired) electrons. The van der Waals surface area contributed by atoms with E-state index in [9.17, 15) is 13.2 Å². The molecule has 3 aromatic rings. The van der Waals surface area contributed by atoms with E-state index in [0.717, 1.165) is 15.4 Å². The summed E-state index contributed by atoms with van der Waals surface area (Å²) in [6.45, 7) is 1.78. The van der Waals surface area contributed by atoms with Crippen molar-refractivity contribution in [1.29, 1.82) is 0 Å². The number of fused-ring (bicyclic) bond motifs is 1. The van der Waals surface area contributed by atoms with Crippen LogP contribution < -0.4 is 28.6 Å². The predicted octanol–water partition coefficient (Wildman–Crippen LogP) is 3.25. The molecule has 1 N–H and O–H groups in total. The second kappa shape index (κ2) is 10.1. The average Bonchev–Trinajstić information content (AvgIpc) is 3.34. The van der Waals surface area contributed by atoms with Gasteiger partial charge in [-0.15, -0.1) is 0 Å². The van der Waals surface area contributed by atoms with Gasteiger partial charge in [-0.05, 0) is 48.9 Å². The van der Waals surface area contributed by atoms with Crippen LogP contribution in [-0.4, -0.2) is 41.9 Å². The summed E-state index contributed by atoms with van der Waals surface area (Å²) in [4.78, 5) is 13.0. The standard InChI is InChI=1S/C25H26N2O7S/c1-17-4-8-20(9-5-17)35(29,30)27(19-7-11-21(31-2)23(13-19)32-3)15-25(28)26-14-18-6-10-22-24(12-18)34-16-33-22/h4-13H,14-16H2,1-3H3,(H,26,28). The number of nitrogens with zero attached hydrogens (tertiary/aromatic N) is 1. The minimum Gasteiger partial charge on any atom is -0.493 e. The van der Waals surface area contributed by atoms with Gasteiger partial charge < -0.3 is 24.3 Å². The highest BCUT2D eigenvalue weighted by Crippen LogP contribution is 2.34. The molecular formula is C25H26N2O7S. The van der Waals surface area contributed by atoms with Gasteiger partial charge in [0.25, 0.3) is 10.0 Å². The minimum atomic E-state index is -4.06. The van der Waals surface area contributed by atoms with Gasteiger partial charge in [-0.1, -0.05) is 23.8 Å². The van der Waals surface area contributed by atoms with Crippen molar-refractivity contribution >= 4 is 21.6 Å². The maximum absolute atomic E-state index is 13.6. The van der Waals surface area contributed by atoms with E-state index in [1.165, 1.54) is 32.4 Å². The van der Waals surface area contributed by atoms with Gasteiger partial charge in [0.05, 0.1) is 24.8 Å². The van der Waals surface area contributed by atoms with Gasteiger partial charge in [0.2, 0.25) is 12.7 Å². The Balaban J connectivity index is 1.60. The van der Waals surface area contributed by atoms with E-state index in [1.54, 1.807) is 36.4 Å². The van der Waals surface area contributed by atoms with Crippen molar-refractivity contribution in [2.45, 2.75) is 18.4 Å². The molecule has 0 atom stereocenters. The second-order valence-corrected chi connectivity index (χ2v) is 9.69. The fraction of sp³-hybridized carbons (Fsp3) is 0.240. The molecule has 1 amide bonds. The molecule has 35 heavy (non-hydrogen) atoms. The molecule has 0 saturated heterocycles. The van der Waals surface area contributed by atoms with Crippen LogP contribution in [0.25, 0.3) is 0 Å². The number of hydrogen-bond acceptors (Lipinski definition) is 7. The zero-order valence-electron chi connectivity index (χ0n) is 19.6. The lowest BCUT2D eigenvalue weighted by atomic mass is 10.2. The van der Waals surface area contributed by atoms with E-state index in [1.807, 2.05) is 13.0 Å². The van der Waals surface area contributed by atoms with Gasteiger partial charge in [-0.25, -0.2) is 8.42 Å². The lowest BCUT2D eigenvalue weighted by Gasteiger charge is -2.25. The number of benzene rings is 3. The smallest absolute Gasteiger partial charge is 0.264 e. The Labute approximate surface area is 204 Å². The molecule has 0 unspecified atom stereocenters. The maximum atomic E-state index is 13.6. The van der Waals surface area contributed by atoms with Gasteiger partial charge in [0, 0.05) is 12.6 Å². The quantitative estimate of drug-likeness (QED) is 0.483. The molecule has 0 aromatic heterocycles. The Morgan fingerprint density at radius 2 is 1.66 bits per heavy atom. The van der Waals surface area contributed by atoms with Crippen molar-refractivity contribution in [3.05, 3.63) is 71.8 Å². The molecule has 0 bridgehead atoms. The Kier molecular flexibility index (Phi) is 7.02. The Morgan fingerprint density at radius 3 is 2.37 bits per heavy atom. The number of hydrogen-bond donors (Lipinski definition) is 1. The lowest BCUT2D eigenvalue weighted by molar-refractivity contribution is -0.119. The molecule has 3 aromatic carbocycles. The van der Waals surface area contributed by atoms with Crippen LogP contribution in [0.4, 0.5) is 5.69 Å². The SMILES string of the molecule is COc1ccc(N(CC(=O)NCc2ccc3c(c2)OCO3)S(=O)(=O)c2ccc(C)cc2)cc1OC. The molecule has 0 fully saturated rings. The van der Waals surface area contributed by atoms with Gasteiger partial charge in [-0.3, -0.25) is 9.10 Å². The van der Waals surface area contributed by atoms with Crippen molar-refractivity contribution in [3.8, 4) is 23.0 Å². The van der Waals surface area contributed by atoms with Gasteiger partial charge in [0.15, 0.2) is 23.0 Å². The zero-order chi connectivity index (χ0) is 25.0. The normalized spacial score (nSPS) is 12.2. The van der Waals surface area contributed by atoms with Crippen molar-refractivity contribution in [3.63, 3.8) is 0 Å². The molecule has 0 saturated carbocycles. The monoisotopic (exact) mass is 498 g/mol. The number of carbonyl (C=O) groups excluding carboxylic acids is 1. The fourth-order valence-electron chi connectivity index (χ4n) is 3.57. The van der Waals surface area contributed by atoms with E-state index < -0.39 is 22.5 Å². The Hall–Kier alpha value is -3.92. The number of sulfonamides is 1. The molecule has 9 nitrogen and oxygen atoms in total. The first-order valence-corrected chi connectivity index (χ1v) is 12.2. The van der Waals surface area contributed by atoms with E-state index in [0.29, 0.717) is 23.0 Å². The molecule has 1 aliphatic rings. The highest BCUT2D eigenvalue weighted by molar-refractivity contribution is 7.92. The third-order valence-electron chi connectivity index (χ3n) is 5.48.